The van der Waals surface area contributed by atoms with E-state index in [-0.39, 0.29) is 11.8 Å². The molecule has 164 valence electrons. The first-order chi connectivity index (χ1) is 15.0. The monoisotopic (exact) mass is 438 g/mol. The second-order valence-corrected chi connectivity index (χ2v) is 9.50. The van der Waals surface area contributed by atoms with E-state index in [1.165, 1.54) is 0 Å². The van der Waals surface area contributed by atoms with E-state index in [0.717, 1.165) is 39.9 Å². The summed E-state index contributed by atoms with van der Waals surface area (Å²) in [5.74, 6) is 2.13. The van der Waals surface area contributed by atoms with Gasteiger partial charge in [-0.2, -0.15) is 0 Å². The Kier molecular flexibility index (Phi) is 7.95. The molecule has 0 bridgehead atoms. The van der Waals surface area contributed by atoms with Gasteiger partial charge in [0.1, 0.15) is 12.4 Å². The highest BCUT2D eigenvalue weighted by molar-refractivity contribution is 7.48. The van der Waals surface area contributed by atoms with E-state index in [2.05, 4.69) is 26.0 Å². The molecule has 0 saturated heterocycles. The molecule has 0 radical (unpaired) electrons. The molecule has 0 fully saturated rings. The van der Waals surface area contributed by atoms with Crippen molar-refractivity contribution in [1.82, 2.24) is 0 Å². The molecule has 0 saturated carbocycles. The zero-order valence-corrected chi connectivity index (χ0v) is 19.6. The quantitative estimate of drug-likeness (QED) is 0.431. The van der Waals surface area contributed by atoms with E-state index in [4.69, 9.17) is 14.2 Å². The predicted molar refractivity (Wildman–Crippen MR) is 128 cm³/mol. The van der Waals surface area contributed by atoms with Crippen molar-refractivity contribution in [2.24, 2.45) is 0 Å². The van der Waals surface area contributed by atoms with Crippen LogP contribution < -0.4 is 19.5 Å². The van der Waals surface area contributed by atoms with Crippen molar-refractivity contribution in [3.05, 3.63) is 83.4 Å². The van der Waals surface area contributed by atoms with Gasteiger partial charge in [-0.1, -0.05) is 77.0 Å². The molecular formula is C26H31O4P. The average Bonchev–Trinajstić information content (AvgIpc) is 2.83. The van der Waals surface area contributed by atoms with Gasteiger partial charge in [-0.15, -0.1) is 0 Å². The van der Waals surface area contributed by atoms with Crippen LogP contribution in [0.2, 0.25) is 0 Å². The third-order valence-electron chi connectivity index (χ3n) is 5.61. The molecule has 5 heteroatoms. The van der Waals surface area contributed by atoms with Crippen LogP contribution >= 0.6 is 8.58 Å². The topological polar surface area (TPSA) is 47.9 Å². The van der Waals surface area contributed by atoms with E-state index < -0.39 is 0 Å². The van der Waals surface area contributed by atoms with E-state index in [1.54, 1.807) is 14.2 Å². The number of rotatable bonds is 10. The van der Waals surface area contributed by atoms with Crippen LogP contribution in [0.15, 0.2) is 66.7 Å². The molecule has 2 unspecified atom stereocenters. The summed E-state index contributed by atoms with van der Waals surface area (Å²) < 4.78 is 17.6. The van der Waals surface area contributed by atoms with Gasteiger partial charge in [0.25, 0.3) is 0 Å². The lowest BCUT2D eigenvalue weighted by Gasteiger charge is -2.32. The van der Waals surface area contributed by atoms with E-state index in [1.807, 2.05) is 54.6 Å². The number of aliphatic hydroxyl groups is 1. The molecule has 3 rings (SSSR count). The normalized spacial score (nSPS) is 13.2. The van der Waals surface area contributed by atoms with Gasteiger partial charge in [0.2, 0.25) is 0 Å². The molecule has 1 N–H and O–H groups in total. The summed E-state index contributed by atoms with van der Waals surface area (Å²) >= 11 is 0. The summed E-state index contributed by atoms with van der Waals surface area (Å²) in [5.41, 5.74) is 3.10. The molecule has 3 aromatic carbocycles. The van der Waals surface area contributed by atoms with E-state index >= 15 is 0 Å². The van der Waals surface area contributed by atoms with Crippen LogP contribution in [0, 0.1) is 0 Å². The minimum Gasteiger partial charge on any atom is -0.497 e. The Hall–Kier alpha value is -2.55. The fourth-order valence-corrected chi connectivity index (χ4v) is 5.15. The third-order valence-corrected chi connectivity index (χ3v) is 7.54. The number of hydrogen-bond acceptors (Lipinski definition) is 4. The second-order valence-electron chi connectivity index (χ2n) is 7.61. The molecule has 31 heavy (non-hydrogen) atoms. The number of benzene rings is 3. The Morgan fingerprint density at radius 3 is 2.29 bits per heavy atom. The molecular weight excluding hydrogens is 407 g/mol. The number of methoxy groups -OCH3 is 2. The van der Waals surface area contributed by atoms with Crippen molar-refractivity contribution in [1.29, 1.82) is 0 Å². The Bertz CT molecular complexity index is 990. The van der Waals surface area contributed by atoms with Gasteiger partial charge in [-0.25, -0.2) is 0 Å². The molecule has 3 aromatic rings. The van der Waals surface area contributed by atoms with Crippen molar-refractivity contribution in [2.75, 3.05) is 14.2 Å². The van der Waals surface area contributed by atoms with Crippen LogP contribution in [0.1, 0.15) is 37.0 Å². The molecule has 4 nitrogen and oxygen atoms in total. The number of hydrogen-bond donors (Lipinski definition) is 1. The first-order valence-electron chi connectivity index (χ1n) is 10.4. The van der Waals surface area contributed by atoms with E-state index in [0.29, 0.717) is 20.9 Å². The summed E-state index contributed by atoms with van der Waals surface area (Å²) in [6.07, 6.45) is 0.892. The van der Waals surface area contributed by atoms with Gasteiger partial charge in [-0.05, 0) is 28.9 Å². The van der Waals surface area contributed by atoms with Crippen LogP contribution in [0.25, 0.3) is 0 Å². The van der Waals surface area contributed by atoms with Crippen molar-refractivity contribution in [3.63, 3.8) is 0 Å². The smallest absolute Gasteiger partial charge is 0.166 e. The molecule has 0 aliphatic rings. The van der Waals surface area contributed by atoms with Crippen molar-refractivity contribution < 1.29 is 19.3 Å². The lowest BCUT2D eigenvalue weighted by Crippen LogP contribution is -2.21. The Labute approximate surface area is 187 Å². The minimum absolute atomic E-state index is 0.0295. The first kappa shape index (κ1) is 23.1. The average molecular weight is 439 g/mol. The van der Waals surface area contributed by atoms with Crippen LogP contribution in [-0.4, -0.2) is 19.3 Å². The molecule has 0 heterocycles. The van der Waals surface area contributed by atoms with Crippen molar-refractivity contribution in [2.45, 2.75) is 38.6 Å². The highest BCUT2D eigenvalue weighted by atomic mass is 31.1. The van der Waals surface area contributed by atoms with Crippen molar-refractivity contribution in [3.8, 4) is 17.2 Å². The van der Waals surface area contributed by atoms with Gasteiger partial charge >= 0.3 is 0 Å². The predicted octanol–water partition coefficient (Wildman–Crippen LogP) is 5.40. The highest BCUT2D eigenvalue weighted by Gasteiger charge is 2.32. The van der Waals surface area contributed by atoms with Crippen LogP contribution in [0.3, 0.4) is 0 Å². The lowest BCUT2D eigenvalue weighted by molar-refractivity contribution is 0.276. The number of aliphatic hydroxyl groups excluding tert-OH is 1. The Balaban J connectivity index is 2.06. The standard InChI is InChI=1S/C26H31O4P/c1-5-26(2,31-24-14-10-9-13-20(24)17-27)22-15-21(28-3)16-23(29-4)25(22)30-18-19-11-7-6-8-12-19/h6-16,27,31H,5,17-18H2,1-4H3. The molecule has 2 atom stereocenters. The zero-order valence-electron chi connectivity index (χ0n) is 18.6. The summed E-state index contributed by atoms with van der Waals surface area (Å²) in [7, 11) is 3.76. The van der Waals surface area contributed by atoms with Gasteiger partial charge in [0.05, 0.1) is 20.8 Å². The maximum atomic E-state index is 9.83. The maximum Gasteiger partial charge on any atom is 0.166 e. The Morgan fingerprint density at radius 2 is 1.65 bits per heavy atom. The fraction of sp³-hybridized carbons (Fsp3) is 0.308. The van der Waals surface area contributed by atoms with Gasteiger partial charge in [0.15, 0.2) is 11.5 Å². The fourth-order valence-electron chi connectivity index (χ4n) is 3.56. The third kappa shape index (κ3) is 5.39. The zero-order chi connectivity index (χ0) is 22.3. The minimum atomic E-state index is -0.223. The van der Waals surface area contributed by atoms with E-state index in [9.17, 15) is 5.11 Å². The second kappa shape index (κ2) is 10.7. The largest absolute Gasteiger partial charge is 0.497 e. The first-order valence-corrected chi connectivity index (χ1v) is 11.4. The molecule has 0 spiro atoms. The molecule has 0 aliphatic carbocycles. The summed E-state index contributed by atoms with van der Waals surface area (Å²) in [5, 5.41) is 10.8. The molecule has 0 aliphatic heterocycles. The van der Waals surface area contributed by atoms with Crippen LogP contribution in [0.5, 0.6) is 17.2 Å². The number of ether oxygens (including phenoxy) is 3. The van der Waals surface area contributed by atoms with Crippen LogP contribution in [0.4, 0.5) is 0 Å². The van der Waals surface area contributed by atoms with Gasteiger partial charge in [0, 0.05) is 16.8 Å². The summed E-state index contributed by atoms with van der Waals surface area (Å²) in [6, 6.07) is 22.1. The maximum absolute atomic E-state index is 9.83. The summed E-state index contributed by atoms with van der Waals surface area (Å²) in [6.45, 7) is 4.90. The van der Waals surface area contributed by atoms with Gasteiger partial charge < -0.3 is 19.3 Å². The van der Waals surface area contributed by atoms with Gasteiger partial charge in [-0.3, -0.25) is 0 Å². The lowest BCUT2D eigenvalue weighted by atomic mass is 9.95. The molecule has 0 aromatic heterocycles. The molecule has 0 amide bonds. The van der Waals surface area contributed by atoms with Crippen molar-refractivity contribution >= 4 is 13.9 Å². The van der Waals surface area contributed by atoms with Crippen LogP contribution in [-0.2, 0) is 18.4 Å². The highest BCUT2D eigenvalue weighted by Crippen LogP contribution is 2.51. The summed E-state index contributed by atoms with van der Waals surface area (Å²) in [4.78, 5) is 0. The Morgan fingerprint density at radius 1 is 0.935 bits per heavy atom. The SMILES string of the molecule is CCC(C)(Pc1ccccc1CO)c1cc(OC)cc(OC)c1OCc1ccccc1.